The Balaban J connectivity index is 2.74. The Morgan fingerprint density at radius 1 is 1.56 bits per heavy atom. The molecule has 0 amide bonds. The first-order valence-corrected chi connectivity index (χ1v) is 6.33. The van der Waals surface area contributed by atoms with Crippen molar-refractivity contribution in [1.29, 1.82) is 0 Å². The van der Waals surface area contributed by atoms with Gasteiger partial charge in [0.25, 0.3) is 0 Å². The normalized spacial score (nSPS) is 12.4. The molecule has 0 fully saturated rings. The van der Waals surface area contributed by atoms with Gasteiger partial charge in [-0.2, -0.15) is 5.10 Å². The van der Waals surface area contributed by atoms with Gasteiger partial charge in [-0.05, 0) is 28.8 Å². The molecule has 0 aromatic carbocycles. The fourth-order valence-corrected chi connectivity index (χ4v) is 2.31. The predicted molar refractivity (Wildman–Crippen MR) is 70.0 cm³/mol. The summed E-state index contributed by atoms with van der Waals surface area (Å²) in [5.41, 5.74) is 2.23. The van der Waals surface area contributed by atoms with Crippen molar-refractivity contribution in [1.82, 2.24) is 15.1 Å². The molecule has 0 spiro atoms. The van der Waals surface area contributed by atoms with E-state index in [0.29, 0.717) is 0 Å². The summed E-state index contributed by atoms with van der Waals surface area (Å²) in [5.74, 6) is 2.73. The zero-order valence-electron chi connectivity index (χ0n) is 10.0. The molecule has 1 unspecified atom stereocenters. The topological polar surface area (TPSA) is 29.9 Å². The molecule has 1 aromatic heterocycles. The van der Waals surface area contributed by atoms with Crippen LogP contribution in [-0.2, 0) is 20.0 Å². The summed E-state index contributed by atoms with van der Waals surface area (Å²) >= 11 is 3.58. The number of hydrogen-bond donors (Lipinski definition) is 1. The molecule has 16 heavy (non-hydrogen) atoms. The van der Waals surface area contributed by atoms with Crippen LogP contribution in [0.5, 0.6) is 0 Å². The molecule has 1 heterocycles. The largest absolute Gasteiger partial charge is 0.298 e. The van der Waals surface area contributed by atoms with Crippen LogP contribution in [0.25, 0.3) is 0 Å². The van der Waals surface area contributed by atoms with Crippen LogP contribution in [0.2, 0.25) is 0 Å². The Morgan fingerprint density at radius 2 is 2.25 bits per heavy atom. The highest BCUT2D eigenvalue weighted by atomic mass is 79.9. The van der Waals surface area contributed by atoms with E-state index in [1.807, 2.05) is 11.7 Å². The van der Waals surface area contributed by atoms with Crippen molar-refractivity contribution in [3.63, 3.8) is 0 Å². The molecule has 1 aromatic rings. The van der Waals surface area contributed by atoms with E-state index in [0.717, 1.165) is 35.2 Å². The predicted octanol–water partition coefficient (Wildman–Crippen LogP) is 2.25. The van der Waals surface area contributed by atoms with Gasteiger partial charge in [0, 0.05) is 13.6 Å². The quantitative estimate of drug-likeness (QED) is 0.840. The van der Waals surface area contributed by atoms with Crippen LogP contribution >= 0.6 is 15.9 Å². The second-order valence-corrected chi connectivity index (χ2v) is 4.49. The fourth-order valence-electron chi connectivity index (χ4n) is 1.55. The summed E-state index contributed by atoms with van der Waals surface area (Å²) in [4.78, 5) is 0. The molecule has 1 atom stereocenters. The van der Waals surface area contributed by atoms with E-state index in [-0.39, 0.29) is 6.04 Å². The molecule has 0 aliphatic carbocycles. The maximum absolute atomic E-state index is 5.41. The van der Waals surface area contributed by atoms with Gasteiger partial charge in [0.2, 0.25) is 0 Å². The van der Waals surface area contributed by atoms with Crippen molar-refractivity contribution in [3.8, 4) is 12.3 Å². The van der Waals surface area contributed by atoms with Crippen LogP contribution < -0.4 is 5.32 Å². The molecule has 0 aliphatic rings. The van der Waals surface area contributed by atoms with E-state index in [2.05, 4.69) is 46.1 Å². The van der Waals surface area contributed by atoms with Crippen LogP contribution in [0, 0.1) is 12.3 Å². The van der Waals surface area contributed by atoms with E-state index in [1.165, 1.54) is 0 Å². The second kappa shape index (κ2) is 6.07. The number of aromatic nitrogens is 2. The highest BCUT2D eigenvalue weighted by molar-refractivity contribution is 9.10. The minimum absolute atomic E-state index is 0.131. The Labute approximate surface area is 106 Å². The van der Waals surface area contributed by atoms with Gasteiger partial charge in [0.15, 0.2) is 0 Å². The lowest BCUT2D eigenvalue weighted by molar-refractivity contribution is 0.562. The summed E-state index contributed by atoms with van der Waals surface area (Å²) < 4.78 is 3.00. The number of nitrogens with one attached hydrogen (secondary N) is 1. The summed E-state index contributed by atoms with van der Waals surface area (Å²) in [7, 11) is 1.96. The maximum Gasteiger partial charge on any atom is 0.0767 e. The minimum atomic E-state index is 0.131. The number of aryl methyl sites for hydroxylation is 2. The summed E-state index contributed by atoms with van der Waals surface area (Å²) in [6, 6.07) is 0.131. The zero-order valence-corrected chi connectivity index (χ0v) is 11.6. The van der Waals surface area contributed by atoms with Gasteiger partial charge in [-0.25, -0.2) is 0 Å². The first kappa shape index (κ1) is 13.3. The van der Waals surface area contributed by atoms with Gasteiger partial charge in [-0.15, -0.1) is 6.42 Å². The van der Waals surface area contributed by atoms with Crippen LogP contribution in [0.4, 0.5) is 0 Å². The van der Waals surface area contributed by atoms with Crippen LogP contribution in [-0.4, -0.2) is 15.8 Å². The smallest absolute Gasteiger partial charge is 0.0767 e. The molecule has 0 bridgehead atoms. The molecule has 4 heteroatoms. The SMILES string of the molecule is C#CC(CC)NCc1c(Br)c(CC)nn1C. The van der Waals surface area contributed by atoms with E-state index in [1.54, 1.807) is 0 Å². The lowest BCUT2D eigenvalue weighted by Crippen LogP contribution is -2.27. The fraction of sp³-hybridized carbons (Fsp3) is 0.583. The monoisotopic (exact) mass is 283 g/mol. The van der Waals surface area contributed by atoms with Crippen molar-refractivity contribution in [2.45, 2.75) is 39.3 Å². The third kappa shape index (κ3) is 2.87. The Morgan fingerprint density at radius 3 is 2.69 bits per heavy atom. The summed E-state index contributed by atoms with van der Waals surface area (Å²) in [5, 5.41) is 7.76. The number of hydrogen-bond acceptors (Lipinski definition) is 2. The van der Waals surface area contributed by atoms with E-state index in [4.69, 9.17) is 6.42 Å². The zero-order chi connectivity index (χ0) is 12.1. The molecule has 88 valence electrons. The molecule has 0 aliphatic heterocycles. The molecule has 0 saturated carbocycles. The number of nitrogens with zero attached hydrogens (tertiary/aromatic N) is 2. The van der Waals surface area contributed by atoms with E-state index in [9.17, 15) is 0 Å². The Bertz CT molecular complexity index is 390. The average Bonchev–Trinajstić information content (AvgIpc) is 2.56. The van der Waals surface area contributed by atoms with Gasteiger partial charge >= 0.3 is 0 Å². The van der Waals surface area contributed by atoms with Crippen molar-refractivity contribution >= 4 is 15.9 Å². The Hall–Kier alpha value is -0.790. The van der Waals surface area contributed by atoms with Crippen molar-refractivity contribution in [2.75, 3.05) is 0 Å². The van der Waals surface area contributed by atoms with Gasteiger partial charge in [0.1, 0.15) is 0 Å². The number of rotatable bonds is 5. The van der Waals surface area contributed by atoms with E-state index >= 15 is 0 Å². The summed E-state index contributed by atoms with van der Waals surface area (Å²) in [6.45, 7) is 4.92. The average molecular weight is 284 g/mol. The van der Waals surface area contributed by atoms with Gasteiger partial charge in [0.05, 0.1) is 21.9 Å². The van der Waals surface area contributed by atoms with Crippen LogP contribution in [0.15, 0.2) is 4.47 Å². The molecular formula is C12H18BrN3. The molecule has 3 nitrogen and oxygen atoms in total. The third-order valence-electron chi connectivity index (χ3n) is 2.63. The molecule has 0 radical (unpaired) electrons. The highest BCUT2D eigenvalue weighted by Crippen LogP contribution is 2.21. The lowest BCUT2D eigenvalue weighted by Gasteiger charge is -2.10. The highest BCUT2D eigenvalue weighted by Gasteiger charge is 2.12. The number of terminal acetylenes is 1. The maximum atomic E-state index is 5.41. The Kier molecular flexibility index (Phi) is 5.04. The first-order chi connectivity index (χ1) is 7.63. The van der Waals surface area contributed by atoms with Gasteiger partial charge < -0.3 is 0 Å². The lowest BCUT2D eigenvalue weighted by atomic mass is 10.2. The van der Waals surface area contributed by atoms with Crippen molar-refractivity contribution in [3.05, 3.63) is 15.9 Å². The molecule has 0 saturated heterocycles. The molecule has 1 rings (SSSR count). The molecule has 1 N–H and O–H groups in total. The van der Waals surface area contributed by atoms with Crippen LogP contribution in [0.1, 0.15) is 31.7 Å². The standard InChI is InChI=1S/C12H18BrN3/c1-5-9(6-2)14-8-11-12(13)10(7-3)15-16(11)4/h1,9,14H,6-8H2,2-4H3. The molecular weight excluding hydrogens is 266 g/mol. The van der Waals surface area contributed by atoms with Crippen LogP contribution in [0.3, 0.4) is 0 Å². The van der Waals surface area contributed by atoms with Crippen molar-refractivity contribution in [2.24, 2.45) is 7.05 Å². The van der Waals surface area contributed by atoms with Gasteiger partial charge in [-0.3, -0.25) is 10.00 Å². The first-order valence-electron chi connectivity index (χ1n) is 5.53. The summed E-state index contributed by atoms with van der Waals surface area (Å²) in [6.07, 6.45) is 7.28. The van der Waals surface area contributed by atoms with E-state index < -0.39 is 0 Å². The second-order valence-electron chi connectivity index (χ2n) is 3.69. The minimum Gasteiger partial charge on any atom is -0.298 e. The third-order valence-corrected chi connectivity index (χ3v) is 3.54. The van der Waals surface area contributed by atoms with Crippen molar-refractivity contribution < 1.29 is 0 Å². The van der Waals surface area contributed by atoms with Gasteiger partial charge in [-0.1, -0.05) is 19.8 Å². The number of halogens is 1.